The van der Waals surface area contributed by atoms with Crippen molar-refractivity contribution in [3.05, 3.63) is 16.7 Å². The van der Waals surface area contributed by atoms with Gasteiger partial charge in [0, 0.05) is 6.54 Å². The quantitative estimate of drug-likeness (QED) is 0.609. The van der Waals surface area contributed by atoms with Crippen molar-refractivity contribution >= 4 is 17.1 Å². The van der Waals surface area contributed by atoms with Gasteiger partial charge in [0.25, 0.3) is 0 Å². The molecule has 0 fully saturated rings. The maximum Gasteiger partial charge on any atom is 0.326 e. The zero-order chi connectivity index (χ0) is 9.26. The van der Waals surface area contributed by atoms with E-state index in [1.54, 1.807) is 6.20 Å². The van der Waals surface area contributed by atoms with Crippen LogP contribution in [0.5, 0.6) is 0 Å². The van der Waals surface area contributed by atoms with E-state index in [0.717, 1.165) is 6.54 Å². The van der Waals surface area contributed by atoms with Crippen LogP contribution in [0.1, 0.15) is 6.92 Å². The molecule has 0 spiro atoms. The fourth-order valence-corrected chi connectivity index (χ4v) is 1.08. The fraction of sp³-hybridized carbons (Fsp3) is 0.286. The minimum atomic E-state index is -0.288. The molecule has 0 bridgehead atoms. The summed E-state index contributed by atoms with van der Waals surface area (Å²) in [6, 6.07) is 0. The monoisotopic (exact) mass is 179 g/mol. The lowest BCUT2D eigenvalue weighted by Gasteiger charge is -1.98. The van der Waals surface area contributed by atoms with Crippen molar-refractivity contribution in [3.8, 4) is 0 Å². The summed E-state index contributed by atoms with van der Waals surface area (Å²) in [5.74, 6) is 0.658. The second-order valence-electron chi connectivity index (χ2n) is 2.56. The molecule has 6 nitrogen and oxygen atoms in total. The summed E-state index contributed by atoms with van der Waals surface area (Å²) < 4.78 is 0. The standard InChI is InChI=1S/C7H9N5O/c1-2-8-4-3-9-5-6(10-4)12-7(13)11-5/h3H,2H2,1H3,(H3,8,9,10,11,12,13). The van der Waals surface area contributed by atoms with Crippen LogP contribution in [0.15, 0.2) is 11.0 Å². The Hall–Kier alpha value is -1.85. The average molecular weight is 179 g/mol. The summed E-state index contributed by atoms with van der Waals surface area (Å²) in [7, 11) is 0. The lowest BCUT2D eigenvalue weighted by Crippen LogP contribution is -2.00. The van der Waals surface area contributed by atoms with E-state index in [-0.39, 0.29) is 5.69 Å². The van der Waals surface area contributed by atoms with Crippen molar-refractivity contribution < 1.29 is 0 Å². The van der Waals surface area contributed by atoms with E-state index < -0.39 is 0 Å². The Morgan fingerprint density at radius 2 is 2.23 bits per heavy atom. The molecule has 0 amide bonds. The second-order valence-corrected chi connectivity index (χ2v) is 2.56. The molecular weight excluding hydrogens is 170 g/mol. The number of nitrogens with one attached hydrogen (secondary N) is 3. The van der Waals surface area contributed by atoms with Crippen molar-refractivity contribution in [1.29, 1.82) is 0 Å². The first-order chi connectivity index (χ1) is 6.29. The van der Waals surface area contributed by atoms with Crippen molar-refractivity contribution in [2.24, 2.45) is 0 Å². The predicted octanol–water partition coefficient (Wildman–Crippen LogP) is 0.0780. The van der Waals surface area contributed by atoms with Gasteiger partial charge in [-0.05, 0) is 6.92 Å². The van der Waals surface area contributed by atoms with Gasteiger partial charge in [0.2, 0.25) is 0 Å². The number of H-pyrrole nitrogens is 2. The van der Waals surface area contributed by atoms with E-state index in [2.05, 4.69) is 25.3 Å². The van der Waals surface area contributed by atoms with Crippen molar-refractivity contribution in [3.63, 3.8) is 0 Å². The Bertz CT molecular complexity index is 471. The molecule has 0 aliphatic heterocycles. The van der Waals surface area contributed by atoms with Gasteiger partial charge in [0.1, 0.15) is 5.82 Å². The molecule has 0 radical (unpaired) electrons. The maximum atomic E-state index is 10.8. The Kier molecular flexibility index (Phi) is 1.73. The van der Waals surface area contributed by atoms with Gasteiger partial charge in [-0.1, -0.05) is 0 Å². The van der Waals surface area contributed by atoms with E-state index in [1.807, 2.05) is 6.92 Å². The molecule has 0 aliphatic rings. The van der Waals surface area contributed by atoms with Gasteiger partial charge in [0.15, 0.2) is 11.3 Å². The molecule has 0 aliphatic carbocycles. The van der Waals surface area contributed by atoms with Crippen molar-refractivity contribution in [2.75, 3.05) is 11.9 Å². The SMILES string of the molecule is CCNc1cnc2[nH]c(=O)[nH]c2n1. The number of hydrogen-bond donors (Lipinski definition) is 3. The summed E-state index contributed by atoms with van der Waals surface area (Å²) in [5, 5.41) is 3.00. The molecule has 0 saturated carbocycles. The third-order valence-electron chi connectivity index (χ3n) is 1.59. The highest BCUT2D eigenvalue weighted by Crippen LogP contribution is 2.04. The highest BCUT2D eigenvalue weighted by Gasteiger charge is 2.01. The fourth-order valence-electron chi connectivity index (χ4n) is 1.08. The van der Waals surface area contributed by atoms with E-state index in [9.17, 15) is 4.79 Å². The highest BCUT2D eigenvalue weighted by atomic mass is 16.1. The lowest BCUT2D eigenvalue weighted by atomic mass is 10.6. The molecule has 0 atom stereocenters. The molecule has 13 heavy (non-hydrogen) atoms. The summed E-state index contributed by atoms with van der Waals surface area (Å²) in [5.41, 5.74) is 0.666. The minimum absolute atomic E-state index is 0.288. The molecule has 0 aromatic carbocycles. The van der Waals surface area contributed by atoms with Gasteiger partial charge in [-0.2, -0.15) is 0 Å². The maximum absolute atomic E-state index is 10.8. The van der Waals surface area contributed by atoms with E-state index in [0.29, 0.717) is 17.1 Å². The zero-order valence-electron chi connectivity index (χ0n) is 7.09. The molecular formula is C7H9N5O. The van der Waals surface area contributed by atoms with Crippen LogP contribution < -0.4 is 11.0 Å². The third-order valence-corrected chi connectivity index (χ3v) is 1.59. The van der Waals surface area contributed by atoms with Crippen LogP contribution >= 0.6 is 0 Å². The van der Waals surface area contributed by atoms with Gasteiger partial charge in [-0.3, -0.25) is 9.97 Å². The van der Waals surface area contributed by atoms with E-state index in [4.69, 9.17) is 0 Å². The first-order valence-electron chi connectivity index (χ1n) is 3.98. The molecule has 6 heteroatoms. The van der Waals surface area contributed by atoms with Gasteiger partial charge in [-0.15, -0.1) is 0 Å². The molecule has 0 saturated heterocycles. The van der Waals surface area contributed by atoms with Crippen LogP contribution in [0, 0.1) is 0 Å². The Morgan fingerprint density at radius 1 is 1.46 bits per heavy atom. The largest absolute Gasteiger partial charge is 0.369 e. The number of hydrogen-bond acceptors (Lipinski definition) is 4. The summed E-state index contributed by atoms with van der Waals surface area (Å²) in [6.45, 7) is 2.74. The average Bonchev–Trinajstić information content (AvgIpc) is 2.44. The highest BCUT2D eigenvalue weighted by molar-refractivity contribution is 5.66. The van der Waals surface area contributed by atoms with Crippen LogP contribution in [0.2, 0.25) is 0 Å². The van der Waals surface area contributed by atoms with Crippen molar-refractivity contribution in [1.82, 2.24) is 19.9 Å². The summed E-state index contributed by atoms with van der Waals surface area (Å²) in [4.78, 5) is 24.0. The number of rotatable bonds is 2. The number of imidazole rings is 1. The Morgan fingerprint density at radius 3 is 3.00 bits per heavy atom. The molecule has 68 valence electrons. The predicted molar refractivity (Wildman–Crippen MR) is 48.7 cm³/mol. The van der Waals surface area contributed by atoms with Crippen LogP contribution in [-0.4, -0.2) is 26.5 Å². The Balaban J connectivity index is 2.54. The second kappa shape index (κ2) is 2.89. The molecule has 3 N–H and O–H groups in total. The van der Waals surface area contributed by atoms with Gasteiger partial charge in [0.05, 0.1) is 6.20 Å². The van der Waals surface area contributed by atoms with Crippen LogP contribution in [0.3, 0.4) is 0 Å². The summed E-state index contributed by atoms with van der Waals surface area (Å²) in [6.07, 6.45) is 1.58. The summed E-state index contributed by atoms with van der Waals surface area (Å²) >= 11 is 0. The first-order valence-corrected chi connectivity index (χ1v) is 3.98. The van der Waals surface area contributed by atoms with Crippen LogP contribution in [0.25, 0.3) is 11.3 Å². The Labute approximate surface area is 73.4 Å². The molecule has 0 unspecified atom stereocenters. The number of nitrogens with zero attached hydrogens (tertiary/aromatic N) is 2. The van der Waals surface area contributed by atoms with Crippen LogP contribution in [0.4, 0.5) is 5.82 Å². The number of anilines is 1. The number of fused-ring (bicyclic) bond motifs is 1. The molecule has 2 heterocycles. The van der Waals surface area contributed by atoms with Gasteiger partial charge < -0.3 is 5.32 Å². The normalized spacial score (nSPS) is 10.5. The number of aromatic nitrogens is 4. The molecule has 2 aromatic heterocycles. The smallest absolute Gasteiger partial charge is 0.326 e. The first kappa shape index (κ1) is 7.78. The molecule has 2 aromatic rings. The van der Waals surface area contributed by atoms with Gasteiger partial charge in [-0.25, -0.2) is 14.8 Å². The topological polar surface area (TPSA) is 86.5 Å². The zero-order valence-corrected chi connectivity index (χ0v) is 7.09. The van der Waals surface area contributed by atoms with Crippen LogP contribution in [-0.2, 0) is 0 Å². The minimum Gasteiger partial charge on any atom is -0.369 e. The number of aromatic amines is 2. The van der Waals surface area contributed by atoms with Gasteiger partial charge >= 0.3 is 5.69 Å². The third kappa shape index (κ3) is 1.37. The molecule has 2 rings (SSSR count). The van der Waals surface area contributed by atoms with E-state index in [1.165, 1.54) is 0 Å². The van der Waals surface area contributed by atoms with E-state index >= 15 is 0 Å². The lowest BCUT2D eigenvalue weighted by molar-refractivity contribution is 1.14. The van der Waals surface area contributed by atoms with Crippen molar-refractivity contribution in [2.45, 2.75) is 6.92 Å².